The summed E-state index contributed by atoms with van der Waals surface area (Å²) in [5, 5.41) is 7.14. The molecular formula is C16H14ClF3N6. The van der Waals surface area contributed by atoms with Gasteiger partial charge < -0.3 is 11.1 Å². The summed E-state index contributed by atoms with van der Waals surface area (Å²) in [5.41, 5.74) is 7.01. The Balaban J connectivity index is 2.02. The molecule has 0 saturated carbocycles. The lowest BCUT2D eigenvalue weighted by molar-refractivity contribution is -0.137. The van der Waals surface area contributed by atoms with Crippen molar-refractivity contribution in [2.75, 3.05) is 11.1 Å². The number of aromatic nitrogens is 4. The second-order valence-electron chi connectivity index (χ2n) is 5.62. The van der Waals surface area contributed by atoms with Crippen LogP contribution in [0.2, 0.25) is 5.02 Å². The number of alkyl halides is 3. The van der Waals surface area contributed by atoms with Gasteiger partial charge >= 0.3 is 6.18 Å². The molecule has 6 nitrogen and oxygen atoms in total. The van der Waals surface area contributed by atoms with Gasteiger partial charge in [0.1, 0.15) is 12.0 Å². The zero-order chi connectivity index (χ0) is 19.1. The van der Waals surface area contributed by atoms with Gasteiger partial charge in [0.05, 0.1) is 22.0 Å². The number of aryl methyl sites for hydroxylation is 2. The number of anilines is 3. The van der Waals surface area contributed by atoms with Crippen LogP contribution < -0.4 is 11.1 Å². The van der Waals surface area contributed by atoms with Gasteiger partial charge in [-0.15, -0.1) is 0 Å². The van der Waals surface area contributed by atoms with E-state index < -0.39 is 11.7 Å². The van der Waals surface area contributed by atoms with Crippen molar-refractivity contribution >= 4 is 28.8 Å². The van der Waals surface area contributed by atoms with Crippen LogP contribution in [0, 0.1) is 13.8 Å². The summed E-state index contributed by atoms with van der Waals surface area (Å²) in [6.45, 7) is 3.65. The third kappa shape index (κ3) is 3.43. The molecule has 0 fully saturated rings. The molecule has 136 valence electrons. The van der Waals surface area contributed by atoms with Crippen molar-refractivity contribution in [3.8, 4) is 5.82 Å². The van der Waals surface area contributed by atoms with Crippen molar-refractivity contribution in [2.24, 2.45) is 0 Å². The summed E-state index contributed by atoms with van der Waals surface area (Å²) in [5.74, 6) is 0.444. The average Bonchev–Trinajstić information content (AvgIpc) is 2.88. The molecular weight excluding hydrogens is 369 g/mol. The molecule has 3 rings (SSSR count). The van der Waals surface area contributed by atoms with Gasteiger partial charge in [0, 0.05) is 5.69 Å². The van der Waals surface area contributed by atoms with Gasteiger partial charge in [0.25, 0.3) is 0 Å². The minimum atomic E-state index is -4.49. The van der Waals surface area contributed by atoms with E-state index in [0.717, 1.165) is 29.6 Å². The van der Waals surface area contributed by atoms with Crippen molar-refractivity contribution in [1.29, 1.82) is 0 Å². The molecule has 1 aromatic carbocycles. The van der Waals surface area contributed by atoms with Crippen LogP contribution in [0.3, 0.4) is 0 Å². The molecule has 0 saturated heterocycles. The summed E-state index contributed by atoms with van der Waals surface area (Å²) < 4.78 is 40.3. The van der Waals surface area contributed by atoms with E-state index >= 15 is 0 Å². The zero-order valence-electron chi connectivity index (χ0n) is 13.8. The molecule has 0 aliphatic rings. The number of hydrogen-bond acceptors (Lipinski definition) is 5. The van der Waals surface area contributed by atoms with Crippen LogP contribution in [-0.4, -0.2) is 19.7 Å². The quantitative estimate of drug-likeness (QED) is 0.706. The summed E-state index contributed by atoms with van der Waals surface area (Å²) in [6, 6.07) is 4.80. The Morgan fingerprint density at radius 2 is 1.88 bits per heavy atom. The normalized spacial score (nSPS) is 11.6. The van der Waals surface area contributed by atoms with E-state index in [2.05, 4.69) is 20.4 Å². The van der Waals surface area contributed by atoms with Gasteiger partial charge in [0.15, 0.2) is 11.6 Å². The van der Waals surface area contributed by atoms with Gasteiger partial charge in [-0.25, -0.2) is 14.6 Å². The summed E-state index contributed by atoms with van der Waals surface area (Å²) in [7, 11) is 0. The highest BCUT2D eigenvalue weighted by atomic mass is 35.5. The summed E-state index contributed by atoms with van der Waals surface area (Å²) in [6.07, 6.45) is -3.25. The predicted molar refractivity (Wildman–Crippen MR) is 92.8 cm³/mol. The smallest absolute Gasteiger partial charge is 0.393 e. The maximum Gasteiger partial charge on any atom is 0.416 e. The minimum Gasteiger partial charge on any atom is -0.393 e. The minimum absolute atomic E-state index is 0.0335. The Kier molecular flexibility index (Phi) is 4.49. The van der Waals surface area contributed by atoms with E-state index in [1.165, 1.54) is 11.0 Å². The first-order valence-electron chi connectivity index (χ1n) is 7.44. The zero-order valence-corrected chi connectivity index (χ0v) is 14.5. The molecule has 0 radical (unpaired) electrons. The van der Waals surface area contributed by atoms with E-state index in [0.29, 0.717) is 5.82 Å². The highest BCUT2D eigenvalue weighted by Gasteiger charge is 2.31. The van der Waals surface area contributed by atoms with E-state index in [9.17, 15) is 13.2 Å². The van der Waals surface area contributed by atoms with Crippen LogP contribution in [0.25, 0.3) is 5.82 Å². The molecule has 10 heteroatoms. The molecule has 2 aromatic heterocycles. The molecule has 2 heterocycles. The van der Waals surface area contributed by atoms with Crippen LogP contribution in [0.1, 0.15) is 17.0 Å². The van der Waals surface area contributed by atoms with E-state index in [1.807, 2.05) is 19.9 Å². The van der Waals surface area contributed by atoms with Gasteiger partial charge in [0.2, 0.25) is 0 Å². The lowest BCUT2D eigenvalue weighted by atomic mass is 10.2. The van der Waals surface area contributed by atoms with Gasteiger partial charge in [-0.2, -0.15) is 18.3 Å². The van der Waals surface area contributed by atoms with Crippen LogP contribution >= 0.6 is 11.6 Å². The van der Waals surface area contributed by atoms with Crippen LogP contribution in [0.15, 0.2) is 30.6 Å². The van der Waals surface area contributed by atoms with Crippen molar-refractivity contribution in [1.82, 2.24) is 19.7 Å². The number of benzene rings is 1. The van der Waals surface area contributed by atoms with E-state index in [1.54, 1.807) is 0 Å². The molecule has 0 amide bonds. The number of halogens is 4. The third-order valence-electron chi connectivity index (χ3n) is 3.62. The molecule has 0 aliphatic heterocycles. The number of nitrogens with zero attached hydrogens (tertiary/aromatic N) is 4. The van der Waals surface area contributed by atoms with Crippen LogP contribution in [0.4, 0.5) is 30.4 Å². The highest BCUT2D eigenvalue weighted by molar-refractivity contribution is 6.33. The Bertz CT molecular complexity index is 967. The fourth-order valence-electron chi connectivity index (χ4n) is 2.42. The van der Waals surface area contributed by atoms with Crippen molar-refractivity contribution in [3.63, 3.8) is 0 Å². The highest BCUT2D eigenvalue weighted by Crippen LogP contribution is 2.35. The second kappa shape index (κ2) is 6.49. The number of nitrogen functional groups attached to an aromatic ring is 1. The topological polar surface area (TPSA) is 81.7 Å². The monoisotopic (exact) mass is 382 g/mol. The molecule has 3 N–H and O–H groups in total. The fraction of sp³-hybridized carbons (Fsp3) is 0.188. The summed E-state index contributed by atoms with van der Waals surface area (Å²) in [4.78, 5) is 8.12. The maximum absolute atomic E-state index is 12.9. The molecule has 0 spiro atoms. The van der Waals surface area contributed by atoms with Crippen LogP contribution in [-0.2, 0) is 6.18 Å². The number of nitrogens with two attached hydrogens (primary N) is 1. The number of hydrogen-bond donors (Lipinski definition) is 2. The van der Waals surface area contributed by atoms with Gasteiger partial charge in [-0.1, -0.05) is 11.6 Å². The van der Waals surface area contributed by atoms with E-state index in [-0.39, 0.29) is 22.2 Å². The SMILES string of the molecule is Cc1cc(C)n(-c2ncnc(Nc3cc(C(F)(F)F)ccc3Cl)c2N)n1. The fourth-order valence-corrected chi connectivity index (χ4v) is 2.59. The maximum atomic E-state index is 12.9. The Morgan fingerprint density at radius 1 is 1.15 bits per heavy atom. The van der Waals surface area contributed by atoms with Crippen molar-refractivity contribution in [2.45, 2.75) is 20.0 Å². The Morgan fingerprint density at radius 3 is 2.50 bits per heavy atom. The third-order valence-corrected chi connectivity index (χ3v) is 3.95. The molecule has 0 bridgehead atoms. The van der Waals surface area contributed by atoms with Crippen molar-refractivity contribution in [3.05, 3.63) is 52.6 Å². The van der Waals surface area contributed by atoms with Crippen LogP contribution in [0.5, 0.6) is 0 Å². The van der Waals surface area contributed by atoms with Gasteiger partial charge in [-0.3, -0.25) is 0 Å². The standard InChI is InChI=1S/C16H14ClF3N6/c1-8-5-9(2)26(25-8)15-13(21)14(22-7-23-15)24-12-6-10(16(18,19)20)3-4-11(12)17/h3-7H,21H2,1-2H3,(H,22,23,24). The van der Waals surface area contributed by atoms with Gasteiger partial charge in [-0.05, 0) is 38.1 Å². The van der Waals surface area contributed by atoms with E-state index in [4.69, 9.17) is 17.3 Å². The lowest BCUT2D eigenvalue weighted by Crippen LogP contribution is -2.10. The molecule has 3 aromatic rings. The molecule has 0 atom stereocenters. The lowest BCUT2D eigenvalue weighted by Gasteiger charge is -2.14. The largest absolute Gasteiger partial charge is 0.416 e. The second-order valence-corrected chi connectivity index (χ2v) is 6.02. The molecule has 0 aliphatic carbocycles. The Hall–Kier alpha value is -2.81. The first kappa shape index (κ1) is 18.0. The van der Waals surface area contributed by atoms with Crippen molar-refractivity contribution < 1.29 is 13.2 Å². The predicted octanol–water partition coefficient (Wildman–Crippen LogP) is 4.28. The molecule has 0 unspecified atom stereocenters. The first-order valence-corrected chi connectivity index (χ1v) is 7.82. The Labute approximate surface area is 151 Å². The number of rotatable bonds is 3. The average molecular weight is 383 g/mol. The molecule has 26 heavy (non-hydrogen) atoms. The number of nitrogens with one attached hydrogen (secondary N) is 1. The first-order chi connectivity index (χ1) is 12.2. The summed E-state index contributed by atoms with van der Waals surface area (Å²) >= 11 is 6.00.